The number of rotatable bonds is 9. The summed E-state index contributed by atoms with van der Waals surface area (Å²) in [6, 6.07) is 0. The van der Waals surface area contributed by atoms with Crippen molar-refractivity contribution in [3.8, 4) is 0 Å². The summed E-state index contributed by atoms with van der Waals surface area (Å²) in [5.41, 5.74) is -4.89. The van der Waals surface area contributed by atoms with Gasteiger partial charge in [0.1, 0.15) is 0 Å². The zero-order valence-electron chi connectivity index (χ0n) is 12.7. The van der Waals surface area contributed by atoms with Crippen molar-refractivity contribution in [2.45, 2.75) is 18.5 Å². The predicted molar refractivity (Wildman–Crippen MR) is 71.0 cm³/mol. The van der Waals surface area contributed by atoms with E-state index in [0.717, 1.165) is 0 Å². The maximum absolute atomic E-state index is 12.3. The Morgan fingerprint density at radius 3 is 0.962 bits per heavy atom. The number of phosphoric ester groups is 1. The van der Waals surface area contributed by atoms with Gasteiger partial charge in [0.15, 0.2) is 0 Å². The zero-order chi connectivity index (χ0) is 21.0. The Labute approximate surface area is 141 Å². The van der Waals surface area contributed by atoms with Gasteiger partial charge in [-0.1, -0.05) is 19.7 Å². The van der Waals surface area contributed by atoms with Gasteiger partial charge >= 0.3 is 26.4 Å². The van der Waals surface area contributed by atoms with E-state index < -0.39 is 62.9 Å². The Hall–Kier alpha value is -1.30. The van der Waals surface area contributed by atoms with Crippen molar-refractivity contribution in [3.05, 3.63) is 36.5 Å². The average molecular weight is 422 g/mol. The van der Waals surface area contributed by atoms with Crippen LogP contribution in [-0.2, 0) is 18.1 Å². The second-order valence-corrected chi connectivity index (χ2v) is 6.24. The van der Waals surface area contributed by atoms with Crippen LogP contribution in [0, 0.1) is 0 Å². The lowest BCUT2D eigenvalue weighted by Gasteiger charge is -2.21. The molecule has 0 radical (unpaired) electrons. The summed E-state index contributed by atoms with van der Waals surface area (Å²) in [4.78, 5) is 0. The van der Waals surface area contributed by atoms with Gasteiger partial charge in [0.25, 0.3) is 0 Å². The van der Waals surface area contributed by atoms with Gasteiger partial charge in [0.2, 0.25) is 0 Å². The maximum Gasteiger partial charge on any atom is 0.475 e. The summed E-state index contributed by atoms with van der Waals surface area (Å²) in [6.07, 6.45) is -15.1. The first-order valence-corrected chi connectivity index (χ1v) is 7.63. The van der Waals surface area contributed by atoms with E-state index in [1.54, 1.807) is 0 Å². The van der Waals surface area contributed by atoms with Gasteiger partial charge in [-0.05, 0) is 0 Å². The average Bonchev–Trinajstić information content (AvgIpc) is 2.45. The lowest BCUT2D eigenvalue weighted by Crippen LogP contribution is -2.19. The van der Waals surface area contributed by atoms with Crippen LogP contribution < -0.4 is 0 Å². The minimum absolute atomic E-state index is 1.59. The van der Waals surface area contributed by atoms with Crippen LogP contribution in [0.4, 0.5) is 39.5 Å². The predicted octanol–water partition coefficient (Wildman–Crippen LogP) is 5.50. The molecule has 0 heterocycles. The standard InChI is InChI=1S/C12H12F9O4P/c1-7(10(13,14)15)4-23-26(22,24-5-8(2)11(16,17)18)25-6-9(3)12(19,20)21/h1-6H2. The lowest BCUT2D eigenvalue weighted by molar-refractivity contribution is -0.0994. The molecule has 0 aromatic rings. The van der Waals surface area contributed by atoms with Gasteiger partial charge < -0.3 is 0 Å². The van der Waals surface area contributed by atoms with Crippen molar-refractivity contribution >= 4 is 7.82 Å². The largest absolute Gasteiger partial charge is 0.475 e. The molecule has 152 valence electrons. The highest BCUT2D eigenvalue weighted by atomic mass is 31.2. The molecule has 0 aliphatic carbocycles. The van der Waals surface area contributed by atoms with Crippen molar-refractivity contribution in [2.75, 3.05) is 19.8 Å². The first-order chi connectivity index (χ1) is 11.4. The number of phosphoric acid groups is 1. The van der Waals surface area contributed by atoms with E-state index in [1.807, 2.05) is 0 Å². The Morgan fingerprint density at radius 2 is 0.808 bits per heavy atom. The molecule has 0 aliphatic rings. The van der Waals surface area contributed by atoms with E-state index in [-0.39, 0.29) is 0 Å². The molecule has 0 N–H and O–H groups in total. The molecular weight excluding hydrogens is 410 g/mol. The fourth-order valence-electron chi connectivity index (χ4n) is 0.828. The van der Waals surface area contributed by atoms with Gasteiger partial charge in [-0.25, -0.2) is 4.57 Å². The maximum atomic E-state index is 12.3. The van der Waals surface area contributed by atoms with Crippen LogP contribution in [-0.4, -0.2) is 38.3 Å². The Morgan fingerprint density at radius 1 is 0.615 bits per heavy atom. The summed E-state index contributed by atoms with van der Waals surface area (Å²) < 4.78 is 135. The third-order valence-corrected chi connectivity index (χ3v) is 3.73. The van der Waals surface area contributed by atoms with Gasteiger partial charge in [-0.15, -0.1) is 0 Å². The molecule has 0 atom stereocenters. The van der Waals surface area contributed by atoms with E-state index in [4.69, 9.17) is 0 Å². The number of hydrogen-bond donors (Lipinski definition) is 0. The van der Waals surface area contributed by atoms with E-state index in [0.29, 0.717) is 0 Å². The number of hydrogen-bond acceptors (Lipinski definition) is 4. The van der Waals surface area contributed by atoms with Gasteiger partial charge in [0.05, 0.1) is 36.5 Å². The molecule has 0 amide bonds. The molecule has 0 aliphatic heterocycles. The van der Waals surface area contributed by atoms with Crippen LogP contribution in [0.1, 0.15) is 0 Å². The van der Waals surface area contributed by atoms with E-state index >= 15 is 0 Å². The van der Waals surface area contributed by atoms with Crippen LogP contribution in [0.2, 0.25) is 0 Å². The quantitative estimate of drug-likeness (QED) is 0.280. The third kappa shape index (κ3) is 8.88. The van der Waals surface area contributed by atoms with Crippen molar-refractivity contribution in [1.29, 1.82) is 0 Å². The molecule has 26 heavy (non-hydrogen) atoms. The molecule has 0 spiro atoms. The zero-order valence-corrected chi connectivity index (χ0v) is 13.6. The highest BCUT2D eigenvalue weighted by molar-refractivity contribution is 7.48. The Kier molecular flexibility index (Phi) is 8.16. The monoisotopic (exact) mass is 422 g/mol. The van der Waals surface area contributed by atoms with E-state index in [9.17, 15) is 44.1 Å². The second kappa shape index (κ2) is 8.59. The van der Waals surface area contributed by atoms with E-state index in [2.05, 4.69) is 33.3 Å². The second-order valence-electron chi connectivity index (χ2n) is 4.57. The molecule has 4 nitrogen and oxygen atoms in total. The number of alkyl halides is 9. The highest BCUT2D eigenvalue weighted by Crippen LogP contribution is 2.51. The van der Waals surface area contributed by atoms with Crippen LogP contribution in [0.25, 0.3) is 0 Å². The minimum atomic E-state index is -5.27. The summed E-state index contributed by atoms with van der Waals surface area (Å²) in [5.74, 6) is 0. The van der Waals surface area contributed by atoms with Crippen molar-refractivity contribution in [1.82, 2.24) is 0 Å². The first kappa shape index (κ1) is 24.7. The van der Waals surface area contributed by atoms with Crippen LogP contribution >= 0.6 is 7.82 Å². The van der Waals surface area contributed by atoms with E-state index in [1.165, 1.54) is 0 Å². The number of halogens is 9. The molecule has 0 unspecified atom stereocenters. The first-order valence-electron chi connectivity index (χ1n) is 6.17. The van der Waals surface area contributed by atoms with Crippen LogP contribution in [0.5, 0.6) is 0 Å². The summed E-state index contributed by atoms with van der Waals surface area (Å²) >= 11 is 0. The van der Waals surface area contributed by atoms with Crippen molar-refractivity contribution in [3.63, 3.8) is 0 Å². The molecule has 0 saturated heterocycles. The molecule has 0 bridgehead atoms. The molecule has 0 fully saturated rings. The summed E-state index contributed by atoms with van der Waals surface area (Å²) in [7, 11) is -5.27. The van der Waals surface area contributed by atoms with Crippen LogP contribution in [0.15, 0.2) is 36.5 Å². The summed E-state index contributed by atoms with van der Waals surface area (Å²) in [6.45, 7) is 2.81. The summed E-state index contributed by atoms with van der Waals surface area (Å²) in [5, 5.41) is 0. The molecule has 14 heteroatoms. The fourth-order valence-corrected chi connectivity index (χ4v) is 1.99. The van der Waals surface area contributed by atoms with Crippen molar-refractivity contribution < 1.29 is 57.7 Å². The molecule has 0 aromatic heterocycles. The van der Waals surface area contributed by atoms with Crippen molar-refractivity contribution in [2.24, 2.45) is 0 Å². The molecular formula is C12H12F9O4P. The van der Waals surface area contributed by atoms with Gasteiger partial charge in [-0.3, -0.25) is 13.6 Å². The molecule has 0 aromatic carbocycles. The minimum Gasteiger partial charge on any atom is -0.282 e. The smallest absolute Gasteiger partial charge is 0.282 e. The Bertz CT molecular complexity index is 508. The Balaban J connectivity index is 5.13. The van der Waals surface area contributed by atoms with Gasteiger partial charge in [-0.2, -0.15) is 39.5 Å². The topological polar surface area (TPSA) is 44.8 Å². The SMILES string of the molecule is C=C(COP(=O)(OCC(=C)C(F)(F)F)OCC(=C)C(F)(F)F)C(F)(F)F. The highest BCUT2D eigenvalue weighted by Gasteiger charge is 2.39. The third-order valence-electron chi connectivity index (χ3n) is 2.39. The lowest BCUT2D eigenvalue weighted by atomic mass is 10.3. The van der Waals surface area contributed by atoms with Crippen LogP contribution in [0.3, 0.4) is 0 Å². The molecule has 0 saturated carbocycles. The molecule has 0 rings (SSSR count). The fraction of sp³-hybridized carbons (Fsp3) is 0.500. The van der Waals surface area contributed by atoms with Gasteiger partial charge in [0, 0.05) is 0 Å². The normalized spacial score (nSPS) is 13.6.